The Balaban J connectivity index is 2.20. The topological polar surface area (TPSA) is 62.5 Å². The highest BCUT2D eigenvalue weighted by molar-refractivity contribution is 6.33. The van der Waals surface area contributed by atoms with Gasteiger partial charge in [-0.15, -0.1) is 0 Å². The average Bonchev–Trinajstić information content (AvgIpc) is 2.85. The van der Waals surface area contributed by atoms with Crippen LogP contribution in [0.25, 0.3) is 0 Å². The summed E-state index contributed by atoms with van der Waals surface area (Å²) in [6.45, 7) is -0.0286. The van der Waals surface area contributed by atoms with Crippen LogP contribution >= 0.6 is 11.6 Å². The van der Waals surface area contributed by atoms with Gasteiger partial charge in [-0.3, -0.25) is 0 Å². The van der Waals surface area contributed by atoms with E-state index in [0.29, 0.717) is 5.56 Å². The van der Waals surface area contributed by atoms with Crippen LogP contribution in [0.2, 0.25) is 5.02 Å². The SMILES string of the molecule is O=C(O)c1occc1CNc1cc(C(F)(F)F)ccc1Cl. The molecule has 0 radical (unpaired) electrons. The Morgan fingerprint density at radius 1 is 1.33 bits per heavy atom. The van der Waals surface area contributed by atoms with Gasteiger partial charge >= 0.3 is 12.1 Å². The number of anilines is 1. The number of hydrogen-bond donors (Lipinski definition) is 2. The predicted molar refractivity (Wildman–Crippen MR) is 69.4 cm³/mol. The molecule has 0 atom stereocenters. The van der Waals surface area contributed by atoms with Crippen molar-refractivity contribution < 1.29 is 27.5 Å². The molecule has 4 nitrogen and oxygen atoms in total. The normalized spacial score (nSPS) is 11.4. The second-order valence-electron chi connectivity index (χ2n) is 4.13. The molecule has 2 aromatic rings. The van der Waals surface area contributed by atoms with E-state index in [0.717, 1.165) is 18.2 Å². The first-order valence-corrected chi connectivity index (χ1v) is 6.07. The molecule has 0 saturated heterocycles. The van der Waals surface area contributed by atoms with Crippen molar-refractivity contribution in [3.63, 3.8) is 0 Å². The summed E-state index contributed by atoms with van der Waals surface area (Å²) in [7, 11) is 0. The molecule has 2 N–H and O–H groups in total. The van der Waals surface area contributed by atoms with Gasteiger partial charge in [0.2, 0.25) is 5.76 Å². The van der Waals surface area contributed by atoms with Crippen LogP contribution in [0, 0.1) is 0 Å². The molecule has 112 valence electrons. The third-order valence-electron chi connectivity index (χ3n) is 2.70. The maximum absolute atomic E-state index is 12.6. The number of rotatable bonds is 4. The van der Waals surface area contributed by atoms with E-state index in [1.165, 1.54) is 12.3 Å². The number of hydrogen-bond acceptors (Lipinski definition) is 3. The highest BCUT2D eigenvalue weighted by Crippen LogP contribution is 2.34. The Morgan fingerprint density at radius 2 is 2.05 bits per heavy atom. The van der Waals surface area contributed by atoms with Crippen LogP contribution < -0.4 is 5.32 Å². The number of nitrogens with one attached hydrogen (secondary N) is 1. The van der Waals surface area contributed by atoms with Crippen molar-refractivity contribution >= 4 is 23.3 Å². The van der Waals surface area contributed by atoms with Gasteiger partial charge in [-0.1, -0.05) is 11.6 Å². The number of furan rings is 1. The van der Waals surface area contributed by atoms with Crippen LogP contribution in [0.15, 0.2) is 34.9 Å². The first kappa shape index (κ1) is 15.2. The summed E-state index contributed by atoms with van der Waals surface area (Å²) in [6.07, 6.45) is -3.29. The van der Waals surface area contributed by atoms with Crippen LogP contribution in [-0.2, 0) is 12.7 Å². The molecule has 0 aliphatic carbocycles. The van der Waals surface area contributed by atoms with Gasteiger partial charge in [0.1, 0.15) is 0 Å². The van der Waals surface area contributed by atoms with Gasteiger partial charge in [0, 0.05) is 12.1 Å². The van der Waals surface area contributed by atoms with Gasteiger partial charge in [-0.25, -0.2) is 4.79 Å². The highest BCUT2D eigenvalue weighted by atomic mass is 35.5. The molecule has 0 saturated carbocycles. The van der Waals surface area contributed by atoms with E-state index in [2.05, 4.69) is 5.32 Å². The molecule has 0 spiro atoms. The molecule has 0 unspecified atom stereocenters. The van der Waals surface area contributed by atoms with E-state index in [1.54, 1.807) is 0 Å². The van der Waals surface area contributed by atoms with Crippen molar-refractivity contribution in [2.45, 2.75) is 12.7 Å². The minimum absolute atomic E-state index is 0.0286. The standard InChI is InChI=1S/C13H9ClF3NO3/c14-9-2-1-8(13(15,16)17)5-10(9)18-6-7-3-4-21-11(7)12(19)20/h1-5,18H,6H2,(H,19,20). The molecule has 0 aliphatic heterocycles. The fourth-order valence-electron chi connectivity index (χ4n) is 1.69. The van der Waals surface area contributed by atoms with Gasteiger partial charge in [-0.05, 0) is 24.3 Å². The van der Waals surface area contributed by atoms with E-state index >= 15 is 0 Å². The maximum Gasteiger partial charge on any atom is 0.416 e. The average molecular weight is 320 g/mol. The minimum Gasteiger partial charge on any atom is -0.475 e. The molecule has 0 amide bonds. The van der Waals surface area contributed by atoms with E-state index < -0.39 is 17.7 Å². The molecule has 0 bridgehead atoms. The third-order valence-corrected chi connectivity index (χ3v) is 3.03. The number of carboxylic acid groups (broad SMARTS) is 1. The van der Waals surface area contributed by atoms with Crippen molar-refractivity contribution in [1.29, 1.82) is 0 Å². The monoisotopic (exact) mass is 319 g/mol. The zero-order valence-corrected chi connectivity index (χ0v) is 11.1. The number of carboxylic acids is 1. The van der Waals surface area contributed by atoms with Gasteiger partial charge in [0.05, 0.1) is 22.5 Å². The van der Waals surface area contributed by atoms with Crippen molar-refractivity contribution in [3.8, 4) is 0 Å². The largest absolute Gasteiger partial charge is 0.475 e. The number of carbonyl (C=O) groups is 1. The molecular weight excluding hydrogens is 311 g/mol. The Morgan fingerprint density at radius 3 is 2.67 bits per heavy atom. The Labute approximate surface area is 122 Å². The van der Waals surface area contributed by atoms with Crippen LogP contribution in [0.1, 0.15) is 21.7 Å². The highest BCUT2D eigenvalue weighted by Gasteiger charge is 2.31. The quantitative estimate of drug-likeness (QED) is 0.883. The van der Waals surface area contributed by atoms with E-state index in [-0.39, 0.29) is 23.0 Å². The van der Waals surface area contributed by atoms with E-state index in [9.17, 15) is 18.0 Å². The summed E-state index contributed by atoms with van der Waals surface area (Å²) in [5.74, 6) is -1.53. The fourth-order valence-corrected chi connectivity index (χ4v) is 1.87. The molecule has 21 heavy (non-hydrogen) atoms. The summed E-state index contributed by atoms with van der Waals surface area (Å²) in [6, 6.07) is 4.27. The first-order valence-electron chi connectivity index (χ1n) is 5.69. The molecule has 2 rings (SSSR count). The molecule has 1 aromatic heterocycles. The third kappa shape index (κ3) is 3.49. The first-order chi connectivity index (χ1) is 9.79. The number of alkyl halides is 3. The van der Waals surface area contributed by atoms with Crippen LogP contribution in [0.3, 0.4) is 0 Å². The van der Waals surface area contributed by atoms with Crippen molar-refractivity contribution in [2.75, 3.05) is 5.32 Å². The van der Waals surface area contributed by atoms with E-state index in [4.69, 9.17) is 21.1 Å². The smallest absolute Gasteiger partial charge is 0.416 e. The minimum atomic E-state index is -4.48. The fraction of sp³-hybridized carbons (Fsp3) is 0.154. The predicted octanol–water partition coefficient (Wildman–Crippen LogP) is 4.26. The van der Waals surface area contributed by atoms with Crippen LogP contribution in [0.4, 0.5) is 18.9 Å². The number of halogens is 4. The zero-order valence-electron chi connectivity index (χ0n) is 10.4. The maximum atomic E-state index is 12.6. The molecule has 0 fully saturated rings. The number of benzene rings is 1. The lowest BCUT2D eigenvalue weighted by molar-refractivity contribution is -0.137. The summed E-state index contributed by atoms with van der Waals surface area (Å²) >= 11 is 5.82. The van der Waals surface area contributed by atoms with Gasteiger partial charge in [-0.2, -0.15) is 13.2 Å². The zero-order chi connectivity index (χ0) is 15.6. The van der Waals surface area contributed by atoms with Crippen molar-refractivity contribution in [1.82, 2.24) is 0 Å². The Bertz CT molecular complexity index is 667. The van der Waals surface area contributed by atoms with Crippen molar-refractivity contribution in [2.24, 2.45) is 0 Å². The van der Waals surface area contributed by atoms with Crippen LogP contribution in [0.5, 0.6) is 0 Å². The Hall–Kier alpha value is -2.15. The summed E-state index contributed by atoms with van der Waals surface area (Å²) in [5, 5.41) is 11.6. The van der Waals surface area contributed by atoms with E-state index in [1.807, 2.05) is 0 Å². The van der Waals surface area contributed by atoms with Crippen LogP contribution in [-0.4, -0.2) is 11.1 Å². The lowest BCUT2D eigenvalue weighted by atomic mass is 10.2. The lowest BCUT2D eigenvalue weighted by Gasteiger charge is -2.12. The van der Waals surface area contributed by atoms with Gasteiger partial charge < -0.3 is 14.8 Å². The second kappa shape index (κ2) is 5.69. The lowest BCUT2D eigenvalue weighted by Crippen LogP contribution is -2.08. The molecular formula is C13H9ClF3NO3. The molecule has 0 aliphatic rings. The molecule has 1 heterocycles. The summed E-state index contributed by atoms with van der Waals surface area (Å²) in [5.41, 5.74) is -0.486. The van der Waals surface area contributed by atoms with Gasteiger partial charge in [0.15, 0.2) is 0 Å². The van der Waals surface area contributed by atoms with Gasteiger partial charge in [0.25, 0.3) is 0 Å². The number of aromatic carboxylic acids is 1. The molecule has 8 heteroatoms. The van der Waals surface area contributed by atoms with Crippen molar-refractivity contribution in [3.05, 3.63) is 52.4 Å². The summed E-state index contributed by atoms with van der Waals surface area (Å²) < 4.78 is 42.6. The Kier molecular flexibility index (Phi) is 4.13. The summed E-state index contributed by atoms with van der Waals surface area (Å²) in [4.78, 5) is 10.9. The second-order valence-corrected chi connectivity index (χ2v) is 4.53. The molecule has 1 aromatic carbocycles.